The quantitative estimate of drug-likeness (QED) is 0.622. The van der Waals surface area contributed by atoms with Gasteiger partial charge in [-0.25, -0.2) is 9.37 Å². The number of benzene rings is 1. The van der Waals surface area contributed by atoms with E-state index in [9.17, 15) is 14.3 Å². The molecule has 33 heavy (non-hydrogen) atoms. The van der Waals surface area contributed by atoms with Gasteiger partial charge >= 0.3 is 0 Å². The van der Waals surface area contributed by atoms with Gasteiger partial charge in [-0.2, -0.15) is 10.2 Å². The van der Waals surface area contributed by atoms with Gasteiger partial charge in [0.1, 0.15) is 11.5 Å². The van der Waals surface area contributed by atoms with E-state index in [1.165, 1.54) is 12.3 Å². The zero-order chi connectivity index (χ0) is 23.4. The van der Waals surface area contributed by atoms with Crippen LogP contribution in [0.25, 0.3) is 11.3 Å². The van der Waals surface area contributed by atoms with Crippen molar-refractivity contribution in [2.75, 3.05) is 6.54 Å². The van der Waals surface area contributed by atoms with Crippen LogP contribution in [0.5, 0.6) is 0 Å². The largest absolute Gasteiger partial charge is 0.392 e. The fourth-order valence-corrected chi connectivity index (χ4v) is 5.70. The predicted octanol–water partition coefficient (Wildman–Crippen LogP) is 3.39. The standard InChI is InChI=1S/C25H26FN5O2/c1-14(32)11-28-23(33)20-12-27-13-21(29-20)25-9-8-17(24(25,2)3)16-10-19(30-31-22(16)25)15-6-4-5-7-18(15)26/h4-7,10,12-14,17,32H,8-9,11H2,1-3H3,(H,28,33)/t14?,17-,25-/m0/s1. The number of amides is 1. The summed E-state index contributed by atoms with van der Waals surface area (Å²) >= 11 is 0. The van der Waals surface area contributed by atoms with Gasteiger partial charge in [0.15, 0.2) is 0 Å². The van der Waals surface area contributed by atoms with Crippen molar-refractivity contribution < 1.29 is 14.3 Å². The van der Waals surface area contributed by atoms with Gasteiger partial charge in [-0.15, -0.1) is 0 Å². The van der Waals surface area contributed by atoms with Crippen molar-refractivity contribution >= 4 is 5.91 Å². The Balaban J connectivity index is 1.59. The SMILES string of the molecule is CC(O)CNC(=O)c1cncc([C@@]23CC[C@@H](c4cc(-c5ccccc5F)nnc42)C3(C)C)n1. The first-order chi connectivity index (χ1) is 15.8. The highest BCUT2D eigenvalue weighted by atomic mass is 19.1. The summed E-state index contributed by atoms with van der Waals surface area (Å²) in [6.45, 7) is 6.12. The van der Waals surface area contributed by atoms with Crippen molar-refractivity contribution in [2.45, 2.75) is 51.0 Å². The number of hydrogen-bond donors (Lipinski definition) is 2. The molecule has 1 saturated carbocycles. The van der Waals surface area contributed by atoms with Crippen LogP contribution in [0.4, 0.5) is 4.39 Å². The minimum Gasteiger partial charge on any atom is -0.392 e. The summed E-state index contributed by atoms with van der Waals surface area (Å²) in [6, 6.07) is 8.53. The van der Waals surface area contributed by atoms with Crippen molar-refractivity contribution in [2.24, 2.45) is 5.41 Å². The molecule has 0 aliphatic heterocycles. The van der Waals surface area contributed by atoms with E-state index in [1.54, 1.807) is 31.3 Å². The number of aromatic nitrogens is 4. The number of hydrogen-bond acceptors (Lipinski definition) is 6. The molecule has 2 aliphatic carbocycles. The van der Waals surface area contributed by atoms with Gasteiger partial charge in [0.25, 0.3) is 5.91 Å². The van der Waals surface area contributed by atoms with Gasteiger partial charge in [-0.05, 0) is 54.9 Å². The minimum absolute atomic E-state index is 0.135. The molecule has 1 unspecified atom stereocenters. The first kappa shape index (κ1) is 21.6. The van der Waals surface area contributed by atoms with Gasteiger partial charge in [0, 0.05) is 18.3 Å². The number of nitrogens with one attached hydrogen (secondary N) is 1. The van der Waals surface area contributed by atoms with Crippen LogP contribution in [0.15, 0.2) is 42.7 Å². The number of fused-ring (bicyclic) bond motifs is 5. The second kappa shape index (κ2) is 7.66. The lowest BCUT2D eigenvalue weighted by molar-refractivity contribution is 0.0917. The normalized spacial score (nSPS) is 23.2. The van der Waals surface area contributed by atoms with E-state index in [-0.39, 0.29) is 35.3 Å². The van der Waals surface area contributed by atoms with Crippen molar-refractivity contribution in [3.63, 3.8) is 0 Å². The summed E-state index contributed by atoms with van der Waals surface area (Å²) in [5.74, 6) is -0.498. The molecule has 2 aromatic heterocycles. The Morgan fingerprint density at radius 3 is 2.82 bits per heavy atom. The summed E-state index contributed by atoms with van der Waals surface area (Å²) in [5, 5.41) is 21.2. The first-order valence-electron chi connectivity index (χ1n) is 11.2. The Morgan fingerprint density at radius 1 is 1.27 bits per heavy atom. The molecule has 0 saturated heterocycles. The number of halogens is 1. The molecule has 1 fully saturated rings. The first-order valence-corrected chi connectivity index (χ1v) is 11.2. The molecule has 0 spiro atoms. The summed E-state index contributed by atoms with van der Waals surface area (Å²) in [7, 11) is 0. The molecular formula is C25H26FN5O2. The molecule has 170 valence electrons. The van der Waals surface area contributed by atoms with Gasteiger partial charge in [-0.1, -0.05) is 26.0 Å². The summed E-state index contributed by atoms with van der Waals surface area (Å²) in [6.07, 6.45) is 4.23. The summed E-state index contributed by atoms with van der Waals surface area (Å²) < 4.78 is 14.4. The lowest BCUT2D eigenvalue weighted by Crippen LogP contribution is -2.39. The molecule has 2 N–H and O–H groups in total. The van der Waals surface area contributed by atoms with E-state index < -0.39 is 11.5 Å². The third-order valence-corrected chi connectivity index (χ3v) is 7.39. The Bertz CT molecular complexity index is 1240. The fourth-order valence-electron chi connectivity index (χ4n) is 5.70. The van der Waals surface area contributed by atoms with Crippen LogP contribution in [-0.4, -0.2) is 43.8 Å². The number of carbonyl (C=O) groups excluding carboxylic acids is 1. The van der Waals surface area contributed by atoms with Crippen molar-refractivity contribution in [1.29, 1.82) is 0 Å². The lowest BCUT2D eigenvalue weighted by atomic mass is 9.66. The molecule has 1 amide bonds. The van der Waals surface area contributed by atoms with Crippen molar-refractivity contribution in [3.8, 4) is 11.3 Å². The Morgan fingerprint density at radius 2 is 2.06 bits per heavy atom. The molecule has 1 aromatic carbocycles. The van der Waals surface area contributed by atoms with Crippen LogP contribution < -0.4 is 5.32 Å². The maximum absolute atomic E-state index is 14.4. The molecule has 5 rings (SSSR count). The van der Waals surface area contributed by atoms with Gasteiger partial charge in [-0.3, -0.25) is 9.78 Å². The Labute approximate surface area is 191 Å². The molecular weight excluding hydrogens is 421 g/mol. The predicted molar refractivity (Wildman–Crippen MR) is 120 cm³/mol. The zero-order valence-corrected chi connectivity index (χ0v) is 18.8. The van der Waals surface area contributed by atoms with Crippen LogP contribution >= 0.6 is 0 Å². The highest BCUT2D eigenvalue weighted by Crippen LogP contribution is 2.69. The molecule has 7 nitrogen and oxygen atoms in total. The molecule has 2 bridgehead atoms. The molecule has 8 heteroatoms. The second-order valence-corrected chi connectivity index (χ2v) is 9.58. The van der Waals surface area contributed by atoms with E-state index in [4.69, 9.17) is 4.98 Å². The third-order valence-electron chi connectivity index (χ3n) is 7.39. The van der Waals surface area contributed by atoms with Gasteiger partial charge in [0.2, 0.25) is 0 Å². The van der Waals surface area contributed by atoms with Crippen LogP contribution in [0.3, 0.4) is 0 Å². The monoisotopic (exact) mass is 447 g/mol. The molecule has 0 radical (unpaired) electrons. The van der Waals surface area contributed by atoms with Crippen LogP contribution in [0.1, 0.15) is 67.0 Å². The highest BCUT2D eigenvalue weighted by molar-refractivity contribution is 5.92. The van der Waals surface area contributed by atoms with Crippen molar-refractivity contribution in [1.82, 2.24) is 25.5 Å². The Kier molecular flexibility index (Phi) is 5.01. The zero-order valence-electron chi connectivity index (χ0n) is 18.8. The average molecular weight is 448 g/mol. The number of aliphatic hydroxyl groups is 1. The number of aliphatic hydroxyl groups excluding tert-OH is 1. The van der Waals surface area contributed by atoms with E-state index in [1.807, 2.05) is 6.07 Å². The number of rotatable bonds is 5. The van der Waals surface area contributed by atoms with Crippen LogP contribution in [0.2, 0.25) is 0 Å². The number of nitrogens with zero attached hydrogens (tertiary/aromatic N) is 4. The van der Waals surface area contributed by atoms with E-state index in [2.05, 4.69) is 34.3 Å². The van der Waals surface area contributed by atoms with E-state index in [0.717, 1.165) is 24.1 Å². The molecule has 2 aliphatic rings. The van der Waals surface area contributed by atoms with Gasteiger partial charge < -0.3 is 10.4 Å². The minimum atomic E-state index is -0.654. The smallest absolute Gasteiger partial charge is 0.271 e. The van der Waals surface area contributed by atoms with Crippen LogP contribution in [0, 0.1) is 11.2 Å². The topological polar surface area (TPSA) is 101 Å². The molecule has 3 atom stereocenters. The number of carbonyl (C=O) groups is 1. The molecule has 3 aromatic rings. The third kappa shape index (κ3) is 3.15. The summed E-state index contributed by atoms with van der Waals surface area (Å²) in [5.41, 5.74) is 2.95. The lowest BCUT2D eigenvalue weighted by Gasteiger charge is -2.37. The fraction of sp³-hybridized carbons (Fsp3) is 0.400. The van der Waals surface area contributed by atoms with E-state index in [0.29, 0.717) is 17.0 Å². The van der Waals surface area contributed by atoms with E-state index >= 15 is 0 Å². The highest BCUT2D eigenvalue weighted by Gasteiger charge is 2.65. The molecule has 2 heterocycles. The Hall–Kier alpha value is -3.26. The second-order valence-electron chi connectivity index (χ2n) is 9.58. The average Bonchev–Trinajstić information content (AvgIpc) is 3.19. The van der Waals surface area contributed by atoms with Crippen LogP contribution in [-0.2, 0) is 5.41 Å². The summed E-state index contributed by atoms with van der Waals surface area (Å²) in [4.78, 5) is 21.6. The van der Waals surface area contributed by atoms with Gasteiger partial charge in [0.05, 0.1) is 34.8 Å². The maximum atomic E-state index is 14.4. The maximum Gasteiger partial charge on any atom is 0.271 e. The van der Waals surface area contributed by atoms with Crippen molar-refractivity contribution in [3.05, 3.63) is 71.2 Å².